The maximum absolute atomic E-state index is 12.2. The number of nitrogens with one attached hydrogen (secondary N) is 2. The summed E-state index contributed by atoms with van der Waals surface area (Å²) in [5.74, 6) is -0.0651. The van der Waals surface area contributed by atoms with E-state index in [1.54, 1.807) is 23.6 Å². The van der Waals surface area contributed by atoms with Gasteiger partial charge in [0, 0.05) is 11.4 Å². The van der Waals surface area contributed by atoms with E-state index < -0.39 is 10.0 Å². The summed E-state index contributed by atoms with van der Waals surface area (Å²) in [6, 6.07) is 8.39. The Kier molecular flexibility index (Phi) is 5.15. The number of sulfonamides is 1. The molecule has 2 N–H and O–H groups in total. The maximum Gasteiger partial charge on any atom is 0.263 e. The van der Waals surface area contributed by atoms with Gasteiger partial charge in [-0.15, -0.1) is 11.3 Å². The van der Waals surface area contributed by atoms with Crippen LogP contribution in [-0.4, -0.2) is 25.4 Å². The summed E-state index contributed by atoms with van der Waals surface area (Å²) in [5, 5.41) is 4.97. The number of thiazole rings is 1. The van der Waals surface area contributed by atoms with Crippen LogP contribution < -0.4 is 10.0 Å². The topological polar surface area (TPSA) is 88.2 Å². The molecule has 1 aromatic heterocycles. The molecular weight excluding hydrogens is 346 g/mol. The Balaban J connectivity index is 1.60. The second-order valence-corrected chi connectivity index (χ2v) is 8.33. The van der Waals surface area contributed by atoms with Crippen molar-refractivity contribution in [3.8, 4) is 0 Å². The Labute approximate surface area is 145 Å². The van der Waals surface area contributed by atoms with Gasteiger partial charge in [0.25, 0.3) is 10.0 Å². The van der Waals surface area contributed by atoms with Crippen molar-refractivity contribution in [2.45, 2.75) is 43.0 Å². The molecule has 0 bridgehead atoms. The smallest absolute Gasteiger partial charge is 0.263 e. The lowest BCUT2D eigenvalue weighted by atomic mass is 10.2. The normalized spacial score (nSPS) is 15.3. The summed E-state index contributed by atoms with van der Waals surface area (Å²) in [4.78, 5) is 16.4. The van der Waals surface area contributed by atoms with Crippen LogP contribution in [0.2, 0.25) is 0 Å². The second kappa shape index (κ2) is 7.31. The third-order valence-electron chi connectivity index (χ3n) is 3.89. The van der Waals surface area contributed by atoms with E-state index in [0.717, 1.165) is 25.7 Å². The third kappa shape index (κ3) is 4.33. The number of aromatic nitrogens is 1. The van der Waals surface area contributed by atoms with E-state index >= 15 is 0 Å². The number of benzene rings is 1. The lowest BCUT2D eigenvalue weighted by molar-refractivity contribution is -0.121. The van der Waals surface area contributed by atoms with Crippen molar-refractivity contribution in [1.29, 1.82) is 0 Å². The fourth-order valence-electron chi connectivity index (χ4n) is 2.72. The zero-order valence-corrected chi connectivity index (χ0v) is 14.7. The van der Waals surface area contributed by atoms with Crippen LogP contribution >= 0.6 is 11.3 Å². The Morgan fingerprint density at radius 3 is 2.62 bits per heavy atom. The van der Waals surface area contributed by atoms with Crippen LogP contribution in [0.3, 0.4) is 0 Å². The zero-order chi connectivity index (χ0) is 17.0. The van der Waals surface area contributed by atoms with Gasteiger partial charge < -0.3 is 5.32 Å². The molecule has 2 aromatic rings. The summed E-state index contributed by atoms with van der Waals surface area (Å²) >= 11 is 1.17. The van der Waals surface area contributed by atoms with Gasteiger partial charge in [-0.3, -0.25) is 9.52 Å². The van der Waals surface area contributed by atoms with Crippen LogP contribution in [0.4, 0.5) is 5.13 Å². The first-order valence-corrected chi connectivity index (χ1v) is 10.2. The number of hydrogen-bond acceptors (Lipinski definition) is 5. The SMILES string of the molecule is O=C(Cc1csc(NS(=O)(=O)c2ccccc2)n1)NC1CCCC1. The van der Waals surface area contributed by atoms with Crippen LogP contribution in [-0.2, 0) is 21.2 Å². The van der Waals surface area contributed by atoms with E-state index in [2.05, 4.69) is 15.0 Å². The summed E-state index contributed by atoms with van der Waals surface area (Å²) in [5.41, 5.74) is 0.571. The van der Waals surface area contributed by atoms with Crippen LogP contribution in [0.5, 0.6) is 0 Å². The minimum absolute atomic E-state index is 0.0651. The van der Waals surface area contributed by atoms with E-state index in [0.29, 0.717) is 5.69 Å². The van der Waals surface area contributed by atoms with Gasteiger partial charge in [-0.25, -0.2) is 13.4 Å². The summed E-state index contributed by atoms with van der Waals surface area (Å²) in [6.45, 7) is 0. The minimum atomic E-state index is -3.65. The van der Waals surface area contributed by atoms with Crippen molar-refractivity contribution in [3.05, 3.63) is 41.4 Å². The summed E-state index contributed by atoms with van der Waals surface area (Å²) in [7, 11) is -3.65. The van der Waals surface area contributed by atoms with Crippen LogP contribution in [0, 0.1) is 0 Å². The van der Waals surface area contributed by atoms with Gasteiger partial charge in [0.2, 0.25) is 5.91 Å². The van der Waals surface area contributed by atoms with Gasteiger partial charge in [0.05, 0.1) is 17.0 Å². The van der Waals surface area contributed by atoms with Gasteiger partial charge in [0.1, 0.15) is 0 Å². The number of carbonyl (C=O) groups is 1. The molecule has 1 heterocycles. The van der Waals surface area contributed by atoms with E-state index in [9.17, 15) is 13.2 Å². The van der Waals surface area contributed by atoms with Crippen molar-refractivity contribution in [2.75, 3.05) is 4.72 Å². The molecule has 1 saturated carbocycles. The summed E-state index contributed by atoms with van der Waals surface area (Å²) < 4.78 is 26.9. The van der Waals surface area contributed by atoms with Gasteiger partial charge in [-0.2, -0.15) is 0 Å². The molecule has 6 nitrogen and oxygen atoms in total. The predicted octanol–water partition coefficient (Wildman–Crippen LogP) is 2.55. The first-order chi connectivity index (χ1) is 11.5. The van der Waals surface area contributed by atoms with Crippen LogP contribution in [0.15, 0.2) is 40.6 Å². The Morgan fingerprint density at radius 1 is 1.21 bits per heavy atom. The number of carbonyl (C=O) groups excluding carboxylic acids is 1. The first kappa shape index (κ1) is 16.9. The molecule has 0 radical (unpaired) electrons. The van der Waals surface area contributed by atoms with Gasteiger partial charge in [-0.05, 0) is 25.0 Å². The highest BCUT2D eigenvalue weighted by atomic mass is 32.2. The number of hydrogen-bond donors (Lipinski definition) is 2. The molecule has 0 spiro atoms. The molecule has 3 rings (SSSR count). The van der Waals surface area contributed by atoms with Gasteiger partial charge in [0.15, 0.2) is 5.13 Å². The highest BCUT2D eigenvalue weighted by molar-refractivity contribution is 7.93. The van der Waals surface area contributed by atoms with E-state index in [1.165, 1.54) is 23.5 Å². The molecule has 0 atom stereocenters. The molecule has 1 aromatic carbocycles. The molecule has 1 aliphatic carbocycles. The van der Waals surface area contributed by atoms with Crippen molar-refractivity contribution < 1.29 is 13.2 Å². The molecule has 8 heteroatoms. The zero-order valence-electron chi connectivity index (χ0n) is 13.1. The van der Waals surface area contributed by atoms with Gasteiger partial charge >= 0.3 is 0 Å². The van der Waals surface area contributed by atoms with Crippen molar-refractivity contribution in [1.82, 2.24) is 10.3 Å². The highest BCUT2D eigenvalue weighted by Crippen LogP contribution is 2.21. The van der Waals surface area contributed by atoms with E-state index in [1.807, 2.05) is 0 Å². The largest absolute Gasteiger partial charge is 0.353 e. The predicted molar refractivity (Wildman–Crippen MR) is 93.5 cm³/mol. The Hall–Kier alpha value is -1.93. The molecule has 0 saturated heterocycles. The van der Waals surface area contributed by atoms with Crippen molar-refractivity contribution in [2.24, 2.45) is 0 Å². The van der Waals surface area contributed by atoms with Crippen molar-refractivity contribution in [3.63, 3.8) is 0 Å². The molecule has 128 valence electrons. The van der Waals surface area contributed by atoms with E-state index in [4.69, 9.17) is 0 Å². The molecule has 0 unspecified atom stereocenters. The molecule has 0 aliphatic heterocycles. The van der Waals surface area contributed by atoms with Gasteiger partial charge in [-0.1, -0.05) is 31.0 Å². The lowest BCUT2D eigenvalue weighted by Crippen LogP contribution is -2.33. The Morgan fingerprint density at radius 2 is 1.92 bits per heavy atom. The fourth-order valence-corrected chi connectivity index (χ4v) is 4.71. The minimum Gasteiger partial charge on any atom is -0.353 e. The Bertz CT molecular complexity index is 797. The van der Waals surface area contributed by atoms with Crippen LogP contribution in [0.1, 0.15) is 31.4 Å². The maximum atomic E-state index is 12.2. The molecular formula is C16H19N3O3S2. The number of nitrogens with zero attached hydrogens (tertiary/aromatic N) is 1. The monoisotopic (exact) mass is 365 g/mol. The average Bonchev–Trinajstić information content (AvgIpc) is 3.20. The van der Waals surface area contributed by atoms with Crippen molar-refractivity contribution >= 4 is 32.4 Å². The standard InChI is InChI=1S/C16H19N3O3S2/c20-15(17-12-6-4-5-7-12)10-13-11-23-16(18-13)19-24(21,22)14-8-2-1-3-9-14/h1-3,8-9,11-12H,4-7,10H2,(H,17,20)(H,18,19). The quantitative estimate of drug-likeness (QED) is 0.823. The van der Waals surface area contributed by atoms with Crippen LogP contribution in [0.25, 0.3) is 0 Å². The second-order valence-electron chi connectivity index (χ2n) is 5.79. The van der Waals surface area contributed by atoms with E-state index in [-0.39, 0.29) is 28.4 Å². The average molecular weight is 365 g/mol. The molecule has 1 amide bonds. The number of amides is 1. The molecule has 1 fully saturated rings. The fraction of sp³-hybridized carbons (Fsp3) is 0.375. The first-order valence-electron chi connectivity index (χ1n) is 7.84. The lowest BCUT2D eigenvalue weighted by Gasteiger charge is -2.10. The molecule has 24 heavy (non-hydrogen) atoms. The number of rotatable bonds is 6. The number of anilines is 1. The molecule has 1 aliphatic rings. The third-order valence-corrected chi connectivity index (χ3v) is 6.18. The summed E-state index contributed by atoms with van der Waals surface area (Å²) in [6.07, 6.45) is 4.55. The highest BCUT2D eigenvalue weighted by Gasteiger charge is 2.19.